The van der Waals surface area contributed by atoms with Gasteiger partial charge >= 0.3 is 0 Å². The van der Waals surface area contributed by atoms with Gasteiger partial charge in [0.1, 0.15) is 0 Å². The molecule has 0 aliphatic heterocycles. The van der Waals surface area contributed by atoms with Gasteiger partial charge in [0.15, 0.2) is 0 Å². The van der Waals surface area contributed by atoms with Crippen LogP contribution in [0.15, 0.2) is 38.4 Å². The Bertz CT molecular complexity index is 744. The van der Waals surface area contributed by atoms with E-state index in [1.807, 2.05) is 24.3 Å². The summed E-state index contributed by atoms with van der Waals surface area (Å²) >= 11 is 4.80. The zero-order valence-corrected chi connectivity index (χ0v) is 17.6. The van der Waals surface area contributed by atoms with Crippen LogP contribution < -0.4 is 0 Å². The van der Waals surface area contributed by atoms with Crippen molar-refractivity contribution in [2.75, 3.05) is 5.75 Å². The zero-order valence-electron chi connectivity index (χ0n) is 15.2. The van der Waals surface area contributed by atoms with Gasteiger partial charge in [-0.1, -0.05) is 43.2 Å². The highest BCUT2D eigenvalue weighted by molar-refractivity contribution is 9.10. The maximum absolute atomic E-state index is 12.8. The highest BCUT2D eigenvalue weighted by Crippen LogP contribution is 2.30. The van der Waals surface area contributed by atoms with Crippen LogP contribution in [0.25, 0.3) is 11.5 Å². The Morgan fingerprint density at radius 1 is 1.27 bits per heavy atom. The molecule has 7 heteroatoms. The second kappa shape index (κ2) is 9.04. The number of hydrogen-bond donors (Lipinski definition) is 0. The number of thioether (sulfide) groups is 1. The molecule has 1 heterocycles. The Morgan fingerprint density at radius 2 is 2.00 bits per heavy atom. The van der Waals surface area contributed by atoms with Crippen molar-refractivity contribution in [1.29, 1.82) is 0 Å². The minimum Gasteiger partial charge on any atom is -0.411 e. The molecule has 1 amide bonds. The van der Waals surface area contributed by atoms with Crippen LogP contribution in [0.1, 0.15) is 46.0 Å². The van der Waals surface area contributed by atoms with Crippen molar-refractivity contribution in [2.24, 2.45) is 0 Å². The van der Waals surface area contributed by atoms with Gasteiger partial charge < -0.3 is 9.32 Å². The molecule has 2 aromatic rings. The molecule has 0 unspecified atom stereocenters. The van der Waals surface area contributed by atoms with Gasteiger partial charge in [-0.05, 0) is 54.8 Å². The first kappa shape index (κ1) is 19.4. The molecule has 140 valence electrons. The fourth-order valence-corrected chi connectivity index (χ4v) is 4.57. The van der Waals surface area contributed by atoms with E-state index in [2.05, 4.69) is 44.9 Å². The summed E-state index contributed by atoms with van der Waals surface area (Å²) in [4.78, 5) is 14.8. The molecule has 0 saturated heterocycles. The molecule has 1 aromatic carbocycles. The molecular weight excluding hydrogens is 414 g/mol. The van der Waals surface area contributed by atoms with Gasteiger partial charge in [-0.2, -0.15) is 0 Å². The topological polar surface area (TPSA) is 59.2 Å². The van der Waals surface area contributed by atoms with Crippen LogP contribution in [0.3, 0.4) is 0 Å². The Hall–Kier alpha value is -1.34. The SMILES string of the molecule is CC(C)N(C(=O)CSc1nnc(-c2ccccc2Br)o1)C1CCCCC1. The summed E-state index contributed by atoms with van der Waals surface area (Å²) in [7, 11) is 0. The van der Waals surface area contributed by atoms with Crippen molar-refractivity contribution in [2.45, 2.75) is 63.3 Å². The van der Waals surface area contributed by atoms with Crippen molar-refractivity contribution >= 4 is 33.6 Å². The van der Waals surface area contributed by atoms with E-state index in [9.17, 15) is 4.79 Å². The number of benzene rings is 1. The van der Waals surface area contributed by atoms with Crippen molar-refractivity contribution in [3.63, 3.8) is 0 Å². The summed E-state index contributed by atoms with van der Waals surface area (Å²) in [6.07, 6.45) is 5.94. The Labute approximate surface area is 167 Å². The smallest absolute Gasteiger partial charge is 0.277 e. The molecule has 0 spiro atoms. The fraction of sp³-hybridized carbons (Fsp3) is 0.526. The van der Waals surface area contributed by atoms with Crippen molar-refractivity contribution < 1.29 is 9.21 Å². The van der Waals surface area contributed by atoms with Crippen molar-refractivity contribution in [1.82, 2.24) is 15.1 Å². The molecule has 5 nitrogen and oxygen atoms in total. The van der Waals surface area contributed by atoms with E-state index in [1.165, 1.54) is 31.0 Å². The standard InChI is InChI=1S/C19H24BrN3O2S/c1-13(2)23(14-8-4-3-5-9-14)17(24)12-26-19-22-21-18(25-19)15-10-6-7-11-16(15)20/h6-7,10-11,13-14H,3-5,8-9,12H2,1-2H3. The maximum Gasteiger partial charge on any atom is 0.277 e. The average molecular weight is 438 g/mol. The predicted octanol–water partition coefficient (Wildman–Crippen LogP) is 5.16. The molecule has 1 fully saturated rings. The molecule has 0 atom stereocenters. The van der Waals surface area contributed by atoms with Gasteiger partial charge in [-0.25, -0.2) is 0 Å². The lowest BCUT2D eigenvalue weighted by atomic mass is 9.93. The van der Waals surface area contributed by atoms with E-state index in [0.29, 0.717) is 22.9 Å². The summed E-state index contributed by atoms with van der Waals surface area (Å²) < 4.78 is 6.63. The summed E-state index contributed by atoms with van der Waals surface area (Å²) in [6.45, 7) is 4.18. The molecule has 1 aromatic heterocycles. The van der Waals surface area contributed by atoms with E-state index in [4.69, 9.17) is 4.42 Å². The van der Waals surface area contributed by atoms with Gasteiger partial charge in [0.25, 0.3) is 5.22 Å². The molecule has 26 heavy (non-hydrogen) atoms. The van der Waals surface area contributed by atoms with Crippen LogP contribution in [0.4, 0.5) is 0 Å². The van der Waals surface area contributed by atoms with Gasteiger partial charge in [0.05, 0.1) is 11.3 Å². The lowest BCUT2D eigenvalue weighted by molar-refractivity contribution is -0.133. The number of carbonyl (C=O) groups excluding carboxylic acids is 1. The molecule has 1 aliphatic rings. The molecule has 0 N–H and O–H groups in total. The van der Waals surface area contributed by atoms with E-state index in [0.717, 1.165) is 22.9 Å². The van der Waals surface area contributed by atoms with E-state index in [-0.39, 0.29) is 11.9 Å². The first-order chi connectivity index (χ1) is 12.6. The highest BCUT2D eigenvalue weighted by Gasteiger charge is 2.27. The van der Waals surface area contributed by atoms with E-state index >= 15 is 0 Å². The van der Waals surface area contributed by atoms with Crippen molar-refractivity contribution in [3.05, 3.63) is 28.7 Å². The molecule has 1 saturated carbocycles. The quantitative estimate of drug-likeness (QED) is 0.583. The number of carbonyl (C=O) groups is 1. The average Bonchev–Trinajstić information content (AvgIpc) is 3.10. The first-order valence-corrected chi connectivity index (χ1v) is 10.9. The molecule has 0 bridgehead atoms. The van der Waals surface area contributed by atoms with Crippen LogP contribution in [0.2, 0.25) is 0 Å². The van der Waals surface area contributed by atoms with Gasteiger partial charge in [-0.3, -0.25) is 4.79 Å². The number of rotatable bonds is 6. The third-order valence-electron chi connectivity index (χ3n) is 4.64. The summed E-state index contributed by atoms with van der Waals surface area (Å²) in [5, 5.41) is 8.61. The third-order valence-corrected chi connectivity index (χ3v) is 6.14. The number of hydrogen-bond acceptors (Lipinski definition) is 5. The summed E-state index contributed by atoms with van der Waals surface area (Å²) in [5.74, 6) is 0.935. The largest absolute Gasteiger partial charge is 0.411 e. The van der Waals surface area contributed by atoms with Gasteiger partial charge in [-0.15, -0.1) is 10.2 Å². The predicted molar refractivity (Wildman–Crippen MR) is 107 cm³/mol. The monoisotopic (exact) mass is 437 g/mol. The highest BCUT2D eigenvalue weighted by atomic mass is 79.9. The lowest BCUT2D eigenvalue weighted by Gasteiger charge is -2.37. The third kappa shape index (κ3) is 4.68. The minimum absolute atomic E-state index is 0.151. The van der Waals surface area contributed by atoms with Crippen LogP contribution >= 0.6 is 27.7 Å². The fourth-order valence-electron chi connectivity index (χ4n) is 3.48. The Balaban J connectivity index is 1.63. The zero-order chi connectivity index (χ0) is 18.5. The lowest BCUT2D eigenvalue weighted by Crippen LogP contribution is -2.46. The number of amides is 1. The Morgan fingerprint density at radius 3 is 2.69 bits per heavy atom. The second-order valence-electron chi connectivity index (χ2n) is 6.83. The number of aromatic nitrogens is 2. The van der Waals surface area contributed by atoms with Crippen LogP contribution in [-0.4, -0.2) is 38.8 Å². The van der Waals surface area contributed by atoms with Crippen LogP contribution in [-0.2, 0) is 4.79 Å². The molecule has 0 radical (unpaired) electrons. The normalized spacial score (nSPS) is 15.4. The number of halogens is 1. The van der Waals surface area contributed by atoms with Crippen LogP contribution in [0, 0.1) is 0 Å². The maximum atomic E-state index is 12.8. The summed E-state index contributed by atoms with van der Waals surface area (Å²) in [6, 6.07) is 8.29. The van der Waals surface area contributed by atoms with Crippen LogP contribution in [0.5, 0.6) is 0 Å². The Kier molecular flexibility index (Phi) is 6.75. The number of nitrogens with zero attached hydrogens (tertiary/aromatic N) is 3. The minimum atomic E-state index is 0.151. The first-order valence-electron chi connectivity index (χ1n) is 9.08. The summed E-state index contributed by atoms with van der Waals surface area (Å²) in [5.41, 5.74) is 0.851. The van der Waals surface area contributed by atoms with E-state index < -0.39 is 0 Å². The van der Waals surface area contributed by atoms with Gasteiger partial charge in [0, 0.05) is 16.6 Å². The van der Waals surface area contributed by atoms with Crippen molar-refractivity contribution in [3.8, 4) is 11.5 Å². The molecule has 3 rings (SSSR count). The van der Waals surface area contributed by atoms with E-state index in [1.54, 1.807) is 0 Å². The molecular formula is C19H24BrN3O2S. The van der Waals surface area contributed by atoms with Gasteiger partial charge in [0.2, 0.25) is 11.8 Å². The second-order valence-corrected chi connectivity index (χ2v) is 8.61. The molecule has 1 aliphatic carbocycles.